The van der Waals surface area contributed by atoms with Gasteiger partial charge in [-0.2, -0.15) is 0 Å². The molecule has 0 aliphatic carbocycles. The summed E-state index contributed by atoms with van der Waals surface area (Å²) in [7, 11) is 0. The van der Waals surface area contributed by atoms with Gasteiger partial charge in [-0.15, -0.1) is 22.0 Å². The maximum atomic E-state index is 4.16. The predicted molar refractivity (Wildman–Crippen MR) is 66.9 cm³/mol. The molecule has 2 aromatic rings. The fraction of sp³-hybridized carbons (Fsp3) is 0.0909. The van der Waals surface area contributed by atoms with Crippen molar-refractivity contribution in [2.75, 3.05) is 6.26 Å². The van der Waals surface area contributed by atoms with Gasteiger partial charge in [0.05, 0.1) is 5.69 Å². The van der Waals surface area contributed by atoms with Gasteiger partial charge in [0.2, 0.25) is 0 Å². The highest BCUT2D eigenvalue weighted by atomic mass is 79.9. The van der Waals surface area contributed by atoms with E-state index in [1.54, 1.807) is 11.8 Å². The zero-order valence-electron chi connectivity index (χ0n) is 8.14. The molecule has 0 fully saturated rings. The van der Waals surface area contributed by atoms with E-state index in [9.17, 15) is 0 Å². The molecule has 1 aromatic heterocycles. The van der Waals surface area contributed by atoms with E-state index in [0.29, 0.717) is 0 Å². The smallest absolute Gasteiger partial charge is 0.119 e. The van der Waals surface area contributed by atoms with E-state index in [-0.39, 0.29) is 0 Å². The third kappa shape index (κ3) is 2.58. The maximum Gasteiger partial charge on any atom is 0.119 e. The molecular weight excluding hydrogens is 272 g/mol. The number of hydrogen-bond donors (Lipinski definition) is 0. The number of benzene rings is 1. The molecule has 0 saturated heterocycles. The Kier molecular flexibility index (Phi) is 3.38. The molecular formula is C11H9BrN2S. The summed E-state index contributed by atoms with van der Waals surface area (Å²) in [4.78, 5) is 0. The topological polar surface area (TPSA) is 25.8 Å². The number of hydrogen-bond acceptors (Lipinski definition) is 3. The molecule has 2 nitrogen and oxygen atoms in total. The molecule has 1 heterocycles. The minimum atomic E-state index is 0.903. The molecule has 15 heavy (non-hydrogen) atoms. The average molecular weight is 281 g/mol. The van der Waals surface area contributed by atoms with E-state index >= 15 is 0 Å². The lowest BCUT2D eigenvalue weighted by atomic mass is 10.1. The fourth-order valence-corrected chi connectivity index (χ4v) is 1.79. The Morgan fingerprint density at radius 2 is 1.73 bits per heavy atom. The summed E-state index contributed by atoms with van der Waals surface area (Å²) in [6.07, 6.45) is 1.99. The summed E-state index contributed by atoms with van der Waals surface area (Å²) in [6, 6.07) is 12.0. The molecule has 0 spiro atoms. The van der Waals surface area contributed by atoms with Crippen LogP contribution in [0.1, 0.15) is 0 Å². The summed E-state index contributed by atoms with van der Waals surface area (Å²) in [5.41, 5.74) is 1.98. The van der Waals surface area contributed by atoms with Crippen LogP contribution in [-0.2, 0) is 0 Å². The van der Waals surface area contributed by atoms with Gasteiger partial charge in [0, 0.05) is 10.0 Å². The molecule has 0 unspecified atom stereocenters. The van der Waals surface area contributed by atoms with Gasteiger partial charge in [-0.05, 0) is 30.5 Å². The van der Waals surface area contributed by atoms with Crippen LogP contribution in [0.3, 0.4) is 0 Å². The van der Waals surface area contributed by atoms with E-state index in [4.69, 9.17) is 0 Å². The van der Waals surface area contributed by atoms with E-state index in [1.165, 1.54) is 0 Å². The second kappa shape index (κ2) is 4.77. The standard InChI is InChI=1S/C11H9BrN2S/c1-15-11-7-6-10(13-14-11)8-2-4-9(12)5-3-8/h2-7H,1H3. The SMILES string of the molecule is CSc1ccc(-c2ccc(Br)cc2)nn1. The maximum absolute atomic E-state index is 4.16. The number of halogens is 1. The third-order valence-electron chi connectivity index (χ3n) is 1.99. The minimum Gasteiger partial charge on any atom is -0.149 e. The molecule has 0 radical (unpaired) electrons. The Hall–Kier alpha value is -0.870. The lowest BCUT2D eigenvalue weighted by molar-refractivity contribution is 0.937. The van der Waals surface area contributed by atoms with Crippen LogP contribution >= 0.6 is 27.7 Å². The summed E-state index contributed by atoms with van der Waals surface area (Å²) < 4.78 is 1.07. The van der Waals surface area contributed by atoms with Crippen molar-refractivity contribution in [1.82, 2.24) is 10.2 Å². The van der Waals surface area contributed by atoms with Crippen LogP contribution in [0.2, 0.25) is 0 Å². The van der Waals surface area contributed by atoms with Crippen molar-refractivity contribution >= 4 is 27.7 Å². The second-order valence-electron chi connectivity index (χ2n) is 2.97. The Labute approximate surface area is 101 Å². The first-order valence-electron chi connectivity index (χ1n) is 4.43. The van der Waals surface area contributed by atoms with Crippen molar-refractivity contribution in [1.29, 1.82) is 0 Å². The van der Waals surface area contributed by atoms with E-state index in [1.807, 2.05) is 42.7 Å². The molecule has 1 aromatic carbocycles. The molecule has 0 bridgehead atoms. The zero-order valence-corrected chi connectivity index (χ0v) is 10.5. The normalized spacial score (nSPS) is 10.3. The molecule has 0 aliphatic heterocycles. The Morgan fingerprint density at radius 1 is 1.00 bits per heavy atom. The molecule has 0 atom stereocenters. The van der Waals surface area contributed by atoms with Gasteiger partial charge in [-0.1, -0.05) is 28.1 Å². The van der Waals surface area contributed by atoms with Crippen molar-refractivity contribution in [2.24, 2.45) is 0 Å². The van der Waals surface area contributed by atoms with Crippen LogP contribution in [0.25, 0.3) is 11.3 Å². The largest absolute Gasteiger partial charge is 0.149 e. The molecule has 76 valence electrons. The first kappa shape index (κ1) is 10.6. The molecule has 0 amide bonds. The van der Waals surface area contributed by atoms with E-state index < -0.39 is 0 Å². The Balaban J connectivity index is 2.33. The van der Waals surface area contributed by atoms with E-state index in [2.05, 4.69) is 26.1 Å². The number of aromatic nitrogens is 2. The summed E-state index contributed by atoms with van der Waals surface area (Å²) in [5.74, 6) is 0. The summed E-state index contributed by atoms with van der Waals surface area (Å²) in [6.45, 7) is 0. The minimum absolute atomic E-state index is 0.903. The quantitative estimate of drug-likeness (QED) is 0.786. The molecule has 0 aliphatic rings. The third-order valence-corrected chi connectivity index (χ3v) is 3.15. The number of nitrogens with zero attached hydrogens (tertiary/aromatic N) is 2. The summed E-state index contributed by atoms with van der Waals surface area (Å²) >= 11 is 5.00. The van der Waals surface area contributed by atoms with Crippen LogP contribution in [0.5, 0.6) is 0 Å². The zero-order chi connectivity index (χ0) is 10.7. The van der Waals surface area contributed by atoms with Crippen molar-refractivity contribution in [3.63, 3.8) is 0 Å². The Bertz CT molecular complexity index is 439. The van der Waals surface area contributed by atoms with Gasteiger partial charge in [-0.3, -0.25) is 0 Å². The van der Waals surface area contributed by atoms with Gasteiger partial charge >= 0.3 is 0 Å². The van der Waals surface area contributed by atoms with E-state index in [0.717, 1.165) is 20.8 Å². The lowest BCUT2D eigenvalue weighted by Gasteiger charge is -2.00. The monoisotopic (exact) mass is 280 g/mol. The van der Waals surface area contributed by atoms with Crippen molar-refractivity contribution in [2.45, 2.75) is 5.03 Å². The van der Waals surface area contributed by atoms with Crippen LogP contribution in [0, 0.1) is 0 Å². The van der Waals surface area contributed by atoms with Gasteiger partial charge in [0.1, 0.15) is 5.03 Å². The van der Waals surface area contributed by atoms with Gasteiger partial charge in [0.15, 0.2) is 0 Å². The van der Waals surface area contributed by atoms with Crippen molar-refractivity contribution in [3.8, 4) is 11.3 Å². The molecule has 0 N–H and O–H groups in total. The van der Waals surface area contributed by atoms with Crippen molar-refractivity contribution in [3.05, 3.63) is 40.9 Å². The molecule has 4 heteroatoms. The van der Waals surface area contributed by atoms with Crippen LogP contribution in [-0.4, -0.2) is 16.5 Å². The van der Waals surface area contributed by atoms with Gasteiger partial charge in [-0.25, -0.2) is 0 Å². The fourth-order valence-electron chi connectivity index (χ4n) is 1.20. The molecule has 0 saturated carbocycles. The number of rotatable bonds is 2. The summed E-state index contributed by atoms with van der Waals surface area (Å²) in [5, 5.41) is 9.20. The Morgan fingerprint density at radius 3 is 2.27 bits per heavy atom. The first-order valence-corrected chi connectivity index (χ1v) is 6.45. The number of thioether (sulfide) groups is 1. The predicted octanol–water partition coefficient (Wildman–Crippen LogP) is 3.63. The highest BCUT2D eigenvalue weighted by Gasteiger charge is 2.00. The van der Waals surface area contributed by atoms with Crippen LogP contribution < -0.4 is 0 Å². The molecule has 2 rings (SSSR count). The first-order chi connectivity index (χ1) is 7.29. The average Bonchev–Trinajstić information content (AvgIpc) is 2.30. The van der Waals surface area contributed by atoms with Crippen molar-refractivity contribution < 1.29 is 0 Å². The highest BCUT2D eigenvalue weighted by molar-refractivity contribution is 9.10. The van der Waals surface area contributed by atoms with Gasteiger partial charge < -0.3 is 0 Å². The lowest BCUT2D eigenvalue weighted by Crippen LogP contribution is -1.88. The highest BCUT2D eigenvalue weighted by Crippen LogP contribution is 2.20. The second-order valence-corrected chi connectivity index (χ2v) is 4.71. The van der Waals surface area contributed by atoms with Crippen LogP contribution in [0.4, 0.5) is 0 Å². The van der Waals surface area contributed by atoms with Crippen LogP contribution in [0.15, 0.2) is 45.9 Å². The van der Waals surface area contributed by atoms with Gasteiger partial charge in [0.25, 0.3) is 0 Å².